The van der Waals surface area contributed by atoms with E-state index in [1.807, 2.05) is 83.1 Å². The van der Waals surface area contributed by atoms with Crippen LogP contribution in [0.5, 0.6) is 11.5 Å². The first kappa shape index (κ1) is 50.5. The number of carbonyl (C=O) groups is 4. The van der Waals surface area contributed by atoms with Crippen molar-refractivity contribution in [3.63, 3.8) is 0 Å². The molecule has 4 aliphatic rings. The molecule has 8 rings (SSSR count). The second-order valence-electron chi connectivity index (χ2n) is 19.9. The molecule has 0 bridgehead atoms. The first-order valence-electron chi connectivity index (χ1n) is 24.7. The number of pyridine rings is 1. The molecule has 1 aromatic heterocycles. The summed E-state index contributed by atoms with van der Waals surface area (Å²) in [5.74, 6) is -0.0118. The van der Waals surface area contributed by atoms with Crippen LogP contribution in [0.3, 0.4) is 0 Å². The van der Waals surface area contributed by atoms with Gasteiger partial charge in [0.05, 0.1) is 49.7 Å². The van der Waals surface area contributed by atoms with E-state index in [-0.39, 0.29) is 49.0 Å². The third kappa shape index (κ3) is 9.81. The minimum atomic E-state index is -1.24. The Balaban J connectivity index is 1.02. The number of hydrogen-bond acceptors (Lipinski definition) is 11. The fourth-order valence-electron chi connectivity index (χ4n) is 10.6. The number of ether oxygens (including phenoxy) is 3. The number of carbonyl (C=O) groups excluding carboxylic acids is 4. The van der Waals surface area contributed by atoms with Crippen molar-refractivity contribution in [3.8, 4) is 11.5 Å². The number of guanidine groups is 2. The van der Waals surface area contributed by atoms with E-state index in [0.717, 1.165) is 11.1 Å². The summed E-state index contributed by atoms with van der Waals surface area (Å²) in [7, 11) is 1.58. The molecule has 3 aromatic carbocycles. The van der Waals surface area contributed by atoms with Crippen molar-refractivity contribution in [1.29, 1.82) is 10.8 Å². The molecule has 71 heavy (non-hydrogen) atoms. The summed E-state index contributed by atoms with van der Waals surface area (Å²) in [5, 5.41) is 41.3. The molecule has 7 N–H and O–H groups in total. The lowest BCUT2D eigenvalue weighted by molar-refractivity contribution is -0.133. The third-order valence-corrected chi connectivity index (χ3v) is 15.4. The molecule has 5 atom stereocenters. The standard InChI is InChI=1S/C54H67N9O8/c1-8-53(9-2)27-44(65)62(49(55)60-53)31-33-23-36(30-57-29-33)48(68)58-40-26-51(5,70-42-18-13-12-17-38(40)42)37-19-20-43-39(25-37)46(52(6,32-64)71-43)59-47(67)35-16-14-15-34(24-35)41(21-22-69-7)63-45(66)28-54(10-3,11-4)61-50(63)56/h12-20,23-25,29-30,40-41,46,64H,8-11,21-22,26-28,31-32H2,1-7H3,(H2,55,60)(H2,56,61)(H,58,68)(H,59,67)/t40?,41-,46?,51?,52?/m1/s1. The van der Waals surface area contributed by atoms with Crippen LogP contribution in [0, 0.1) is 10.8 Å². The molecular weight excluding hydrogens is 903 g/mol. The maximum Gasteiger partial charge on any atom is 0.253 e. The summed E-state index contributed by atoms with van der Waals surface area (Å²) in [6.07, 6.45) is 7.10. The Kier molecular flexibility index (Phi) is 14.3. The van der Waals surface area contributed by atoms with Gasteiger partial charge in [-0.15, -0.1) is 0 Å². The normalized spacial score (nSPS) is 23.6. The van der Waals surface area contributed by atoms with Crippen molar-refractivity contribution >= 4 is 35.5 Å². The van der Waals surface area contributed by atoms with Gasteiger partial charge in [-0.05, 0) is 99.0 Å². The number of nitrogens with zero attached hydrogens (tertiary/aromatic N) is 3. The van der Waals surface area contributed by atoms with Crippen molar-refractivity contribution in [1.82, 2.24) is 36.1 Å². The molecule has 5 heterocycles. The van der Waals surface area contributed by atoms with Crippen molar-refractivity contribution in [2.75, 3.05) is 20.3 Å². The highest BCUT2D eigenvalue weighted by atomic mass is 16.5. The molecule has 0 spiro atoms. The predicted octanol–water partition coefficient (Wildman–Crippen LogP) is 7.07. The van der Waals surface area contributed by atoms with E-state index in [4.69, 9.17) is 25.0 Å². The predicted molar refractivity (Wildman–Crippen MR) is 267 cm³/mol. The average Bonchev–Trinajstić information content (AvgIpc) is 3.65. The lowest BCUT2D eigenvalue weighted by atomic mass is 9.81. The monoisotopic (exact) mass is 970 g/mol. The Morgan fingerprint density at radius 2 is 1.49 bits per heavy atom. The molecule has 0 aliphatic carbocycles. The van der Waals surface area contributed by atoms with Crippen molar-refractivity contribution in [2.45, 2.75) is 140 Å². The molecule has 4 aliphatic heterocycles. The first-order chi connectivity index (χ1) is 34.0. The van der Waals surface area contributed by atoms with E-state index in [1.165, 1.54) is 16.0 Å². The highest BCUT2D eigenvalue weighted by Gasteiger charge is 2.48. The zero-order valence-corrected chi connectivity index (χ0v) is 41.7. The summed E-state index contributed by atoms with van der Waals surface area (Å²) in [6, 6.07) is 20.0. The highest BCUT2D eigenvalue weighted by Crippen LogP contribution is 2.49. The van der Waals surface area contributed by atoms with Gasteiger partial charge < -0.3 is 40.6 Å². The Labute approximate surface area is 415 Å². The number of methoxy groups -OCH3 is 1. The van der Waals surface area contributed by atoms with Gasteiger partial charge in [0.25, 0.3) is 11.8 Å². The van der Waals surface area contributed by atoms with Crippen LogP contribution in [0.1, 0.15) is 160 Å². The zero-order valence-electron chi connectivity index (χ0n) is 41.7. The van der Waals surface area contributed by atoms with Crippen LogP contribution < -0.4 is 30.7 Å². The molecule has 0 radical (unpaired) electrons. The van der Waals surface area contributed by atoms with Crippen LogP contribution in [0.4, 0.5) is 0 Å². The van der Waals surface area contributed by atoms with Gasteiger partial charge in [-0.1, -0.05) is 64.1 Å². The summed E-state index contributed by atoms with van der Waals surface area (Å²) in [5.41, 5.74) is 0.873. The molecule has 17 heteroatoms. The lowest BCUT2D eigenvalue weighted by Crippen LogP contribution is -2.62. The Morgan fingerprint density at radius 3 is 2.17 bits per heavy atom. The smallest absolute Gasteiger partial charge is 0.253 e. The number of rotatable bonds is 17. The average molecular weight is 970 g/mol. The highest BCUT2D eigenvalue weighted by molar-refractivity contribution is 6.00. The zero-order chi connectivity index (χ0) is 50.9. The van der Waals surface area contributed by atoms with E-state index < -0.39 is 52.9 Å². The topological polar surface area (TPSA) is 231 Å². The maximum atomic E-state index is 14.4. The first-order valence-corrected chi connectivity index (χ1v) is 24.7. The molecule has 17 nitrogen and oxygen atoms in total. The van der Waals surface area contributed by atoms with Gasteiger partial charge >= 0.3 is 0 Å². The second kappa shape index (κ2) is 20.1. The maximum absolute atomic E-state index is 14.4. The van der Waals surface area contributed by atoms with E-state index in [2.05, 4.69) is 26.3 Å². The second-order valence-corrected chi connectivity index (χ2v) is 19.9. The van der Waals surface area contributed by atoms with Crippen LogP contribution in [-0.4, -0.2) is 92.4 Å². The van der Waals surface area contributed by atoms with Crippen LogP contribution in [0.2, 0.25) is 0 Å². The van der Waals surface area contributed by atoms with Gasteiger partial charge in [0, 0.05) is 60.3 Å². The molecule has 376 valence electrons. The summed E-state index contributed by atoms with van der Waals surface area (Å²) in [4.78, 5) is 62.8. The molecule has 4 unspecified atom stereocenters. The van der Waals surface area contributed by atoms with E-state index in [1.54, 1.807) is 44.5 Å². The van der Waals surface area contributed by atoms with Crippen LogP contribution in [0.15, 0.2) is 85.2 Å². The van der Waals surface area contributed by atoms with E-state index in [9.17, 15) is 24.3 Å². The number of amides is 4. The number of nitrogens with one attached hydrogen (secondary N) is 6. The SMILES string of the molecule is CCC1(CC)CC(=O)N(Cc2cncc(C(=O)NC3CC(C)(c4ccc5c(c4)C(NC(=O)c4cccc([C@@H](CCOC)N6C(=N)NC(CC)(CC)CC6=O)c4)C(C)(CO)O5)Oc4ccccc43)c2)C(=N)N1. The molecule has 2 fully saturated rings. The molecule has 4 amide bonds. The Morgan fingerprint density at radius 1 is 0.817 bits per heavy atom. The number of aromatic nitrogens is 1. The van der Waals surface area contributed by atoms with E-state index >= 15 is 0 Å². The van der Waals surface area contributed by atoms with Crippen molar-refractivity contribution in [2.24, 2.45) is 0 Å². The molecule has 2 saturated heterocycles. The van der Waals surface area contributed by atoms with Gasteiger partial charge in [0.1, 0.15) is 17.1 Å². The largest absolute Gasteiger partial charge is 0.482 e. The number of aliphatic hydroxyl groups is 1. The van der Waals surface area contributed by atoms with Gasteiger partial charge in [-0.3, -0.25) is 44.8 Å². The fraction of sp³-hybridized carbons (Fsp3) is 0.463. The quantitative estimate of drug-likeness (QED) is 0.0566. The number of aliphatic hydroxyl groups excluding tert-OH is 1. The minimum Gasteiger partial charge on any atom is -0.482 e. The van der Waals surface area contributed by atoms with Gasteiger partial charge in [0.2, 0.25) is 11.8 Å². The summed E-state index contributed by atoms with van der Waals surface area (Å²) >= 11 is 0. The summed E-state index contributed by atoms with van der Waals surface area (Å²) < 4.78 is 18.6. The van der Waals surface area contributed by atoms with Gasteiger partial charge in [-0.25, -0.2) is 0 Å². The van der Waals surface area contributed by atoms with Gasteiger partial charge in [-0.2, -0.15) is 0 Å². The van der Waals surface area contributed by atoms with Crippen LogP contribution in [0.25, 0.3) is 0 Å². The third-order valence-electron chi connectivity index (χ3n) is 15.4. The number of fused-ring (bicyclic) bond motifs is 2. The summed E-state index contributed by atoms with van der Waals surface area (Å²) in [6.45, 7) is 11.7. The van der Waals surface area contributed by atoms with Crippen molar-refractivity contribution < 1.29 is 38.5 Å². The Hall–Kier alpha value is -6.85. The number of para-hydroxylation sites is 1. The van der Waals surface area contributed by atoms with Crippen LogP contribution in [-0.2, 0) is 26.5 Å². The number of benzene rings is 3. The van der Waals surface area contributed by atoms with Gasteiger partial charge in [0.15, 0.2) is 17.5 Å². The minimum absolute atomic E-state index is 0.0183. The van der Waals surface area contributed by atoms with E-state index in [0.29, 0.717) is 84.4 Å². The Bertz CT molecular complexity index is 2680. The molecule has 0 saturated carbocycles. The van der Waals surface area contributed by atoms with Crippen LogP contribution >= 0.6 is 0 Å². The number of hydrogen-bond donors (Lipinski definition) is 7. The lowest BCUT2D eigenvalue weighted by Gasteiger charge is -2.45. The molecular formula is C54H67N9O8. The fourth-order valence-corrected chi connectivity index (χ4v) is 10.6. The molecule has 4 aromatic rings. The van der Waals surface area contributed by atoms with Crippen molar-refractivity contribution in [3.05, 3.63) is 124 Å².